The van der Waals surface area contributed by atoms with E-state index in [1.54, 1.807) is 0 Å². The largest absolute Gasteiger partial charge is 0.456 e. The third-order valence-electron chi connectivity index (χ3n) is 6.99. The minimum Gasteiger partial charge on any atom is -0.456 e. The maximum Gasteiger partial charge on any atom is 0.326 e. The first-order valence-electron chi connectivity index (χ1n) is 11.6. The molecule has 0 aromatic carbocycles. The standard InChI is InChI=1S/C23H25N5O5S/c24-10-11-27-16(25-19-18(20(27)30)14-6-2-3-7-15(14)34-19)13-33-17(29)12-28-21(31)23(26-22(28)32)8-4-1-5-9-23/h1-9,11-13H2,(H,26,32). The van der Waals surface area contributed by atoms with E-state index in [1.165, 1.54) is 15.9 Å². The Balaban J connectivity index is 1.33. The predicted octanol–water partition coefficient (Wildman–Crippen LogP) is 2.16. The first-order valence-corrected chi connectivity index (χ1v) is 12.5. The number of carbonyl (C=O) groups excluding carboxylic acids is 3. The highest BCUT2D eigenvalue weighted by Gasteiger charge is 2.51. The van der Waals surface area contributed by atoms with Crippen LogP contribution in [0, 0.1) is 11.3 Å². The molecule has 34 heavy (non-hydrogen) atoms. The van der Waals surface area contributed by atoms with Crippen molar-refractivity contribution in [3.63, 3.8) is 0 Å². The Morgan fingerprint density at radius 3 is 2.68 bits per heavy atom. The summed E-state index contributed by atoms with van der Waals surface area (Å²) in [5.41, 5.74) is -0.187. The Bertz CT molecular complexity index is 1280. The number of thiophene rings is 1. The number of fused-ring (bicyclic) bond motifs is 3. The quantitative estimate of drug-likeness (QED) is 0.509. The van der Waals surface area contributed by atoms with E-state index in [0.29, 0.717) is 23.1 Å². The number of esters is 1. The monoisotopic (exact) mass is 483 g/mol. The fraction of sp³-hybridized carbons (Fsp3) is 0.565. The molecule has 11 heteroatoms. The second-order valence-corrected chi connectivity index (χ2v) is 10.2. The molecule has 0 unspecified atom stereocenters. The smallest absolute Gasteiger partial charge is 0.326 e. The van der Waals surface area contributed by atoms with Crippen LogP contribution in [0.15, 0.2) is 4.79 Å². The highest BCUT2D eigenvalue weighted by Crippen LogP contribution is 2.35. The topological polar surface area (TPSA) is 134 Å². The zero-order valence-corrected chi connectivity index (χ0v) is 19.5. The van der Waals surface area contributed by atoms with Crippen molar-refractivity contribution >= 4 is 39.5 Å². The molecule has 0 bridgehead atoms. The lowest BCUT2D eigenvalue weighted by Gasteiger charge is -2.30. The Morgan fingerprint density at radius 2 is 1.91 bits per heavy atom. The van der Waals surface area contributed by atoms with Crippen LogP contribution in [0.5, 0.6) is 0 Å². The number of aromatic nitrogens is 2. The molecule has 1 saturated carbocycles. The van der Waals surface area contributed by atoms with E-state index in [-0.39, 0.29) is 30.4 Å². The summed E-state index contributed by atoms with van der Waals surface area (Å²) < 4.78 is 6.55. The number of amides is 3. The number of nitrogens with one attached hydrogen (secondary N) is 1. The van der Waals surface area contributed by atoms with Gasteiger partial charge >= 0.3 is 12.0 Å². The van der Waals surface area contributed by atoms with Crippen molar-refractivity contribution in [2.75, 3.05) is 6.54 Å². The fourth-order valence-corrected chi connectivity index (χ4v) is 6.53. The van der Waals surface area contributed by atoms with Crippen LogP contribution in [0.3, 0.4) is 0 Å². The van der Waals surface area contributed by atoms with E-state index in [1.807, 2.05) is 6.07 Å². The molecule has 3 amide bonds. The molecule has 2 aromatic rings. The number of hydrogen-bond donors (Lipinski definition) is 1. The normalized spacial score (nSPS) is 19.2. The average molecular weight is 484 g/mol. The number of rotatable bonds is 5. The lowest BCUT2D eigenvalue weighted by atomic mass is 9.82. The number of hydrogen-bond acceptors (Lipinski definition) is 8. The van der Waals surface area contributed by atoms with Gasteiger partial charge in [-0.05, 0) is 44.1 Å². The predicted molar refractivity (Wildman–Crippen MR) is 122 cm³/mol. The number of imide groups is 1. The molecule has 0 radical (unpaired) electrons. The summed E-state index contributed by atoms with van der Waals surface area (Å²) in [4.78, 5) is 58.2. The zero-order valence-electron chi connectivity index (χ0n) is 18.7. The SMILES string of the molecule is N#CCn1c(COC(=O)CN2C(=O)NC3(CCCCC3)C2=O)nc2sc3c(c2c1=O)CCCC3. The first-order chi connectivity index (χ1) is 16.4. The van der Waals surface area contributed by atoms with Crippen LogP contribution in [0.2, 0.25) is 0 Å². The molecule has 3 aliphatic rings. The van der Waals surface area contributed by atoms with E-state index in [0.717, 1.165) is 60.3 Å². The van der Waals surface area contributed by atoms with Crippen LogP contribution in [0.25, 0.3) is 10.2 Å². The van der Waals surface area contributed by atoms with Crippen LogP contribution < -0.4 is 10.9 Å². The van der Waals surface area contributed by atoms with Gasteiger partial charge in [-0.1, -0.05) is 19.3 Å². The van der Waals surface area contributed by atoms with E-state index in [2.05, 4.69) is 10.3 Å². The van der Waals surface area contributed by atoms with Gasteiger partial charge in [-0.3, -0.25) is 23.9 Å². The van der Waals surface area contributed by atoms with Crippen molar-refractivity contribution in [3.05, 3.63) is 26.6 Å². The van der Waals surface area contributed by atoms with Gasteiger partial charge in [0, 0.05) is 4.88 Å². The Hall–Kier alpha value is -3.26. The molecule has 2 fully saturated rings. The molecular formula is C23H25N5O5S. The number of nitrogens with zero attached hydrogens (tertiary/aromatic N) is 4. The fourth-order valence-electron chi connectivity index (χ4n) is 5.26. The number of carbonyl (C=O) groups is 3. The summed E-state index contributed by atoms with van der Waals surface area (Å²) in [7, 11) is 0. The summed E-state index contributed by atoms with van der Waals surface area (Å²) in [6.45, 7) is -1.05. The lowest BCUT2D eigenvalue weighted by molar-refractivity contribution is -0.149. The molecule has 1 aliphatic heterocycles. The minimum absolute atomic E-state index is 0.173. The van der Waals surface area contributed by atoms with Crippen molar-refractivity contribution < 1.29 is 19.1 Å². The number of nitriles is 1. The average Bonchev–Trinajstić information content (AvgIpc) is 3.31. The van der Waals surface area contributed by atoms with E-state index >= 15 is 0 Å². The molecule has 2 aromatic heterocycles. The third kappa shape index (κ3) is 3.76. The summed E-state index contributed by atoms with van der Waals surface area (Å²) in [6.07, 6.45) is 7.66. The van der Waals surface area contributed by atoms with Crippen LogP contribution >= 0.6 is 11.3 Å². The summed E-state index contributed by atoms with van der Waals surface area (Å²) in [6, 6.07) is 1.38. The molecule has 5 rings (SSSR count). The van der Waals surface area contributed by atoms with Crippen molar-refractivity contribution in [2.24, 2.45) is 0 Å². The molecule has 178 valence electrons. The van der Waals surface area contributed by atoms with Crippen molar-refractivity contribution in [2.45, 2.75) is 76.5 Å². The molecule has 2 aliphatic carbocycles. The first kappa shape index (κ1) is 22.5. The van der Waals surface area contributed by atoms with Crippen LogP contribution in [-0.4, -0.2) is 44.4 Å². The summed E-state index contributed by atoms with van der Waals surface area (Å²) in [5, 5.41) is 12.6. The minimum atomic E-state index is -0.909. The van der Waals surface area contributed by atoms with Gasteiger partial charge in [0.2, 0.25) is 0 Å². The van der Waals surface area contributed by atoms with Gasteiger partial charge in [-0.2, -0.15) is 5.26 Å². The van der Waals surface area contributed by atoms with Crippen LogP contribution in [0.4, 0.5) is 4.79 Å². The zero-order chi connectivity index (χ0) is 23.9. The van der Waals surface area contributed by atoms with Gasteiger partial charge < -0.3 is 10.1 Å². The van der Waals surface area contributed by atoms with Gasteiger partial charge in [0.15, 0.2) is 5.82 Å². The molecule has 3 heterocycles. The summed E-state index contributed by atoms with van der Waals surface area (Å²) >= 11 is 1.47. The lowest BCUT2D eigenvalue weighted by Crippen LogP contribution is -2.48. The highest BCUT2D eigenvalue weighted by molar-refractivity contribution is 7.18. The van der Waals surface area contributed by atoms with E-state index < -0.39 is 24.1 Å². The van der Waals surface area contributed by atoms with E-state index in [4.69, 9.17) is 4.74 Å². The molecule has 1 N–H and O–H groups in total. The number of ether oxygens (including phenoxy) is 1. The van der Waals surface area contributed by atoms with Crippen molar-refractivity contribution in [3.8, 4) is 6.07 Å². The maximum atomic E-state index is 13.2. The van der Waals surface area contributed by atoms with Gasteiger partial charge in [0.05, 0.1) is 11.5 Å². The van der Waals surface area contributed by atoms with Crippen molar-refractivity contribution in [1.82, 2.24) is 19.8 Å². The molecular weight excluding hydrogens is 458 g/mol. The second-order valence-electron chi connectivity index (χ2n) is 9.09. The number of aryl methyl sites for hydroxylation is 2. The van der Waals surface area contributed by atoms with Gasteiger partial charge in [-0.15, -0.1) is 11.3 Å². The van der Waals surface area contributed by atoms with Crippen LogP contribution in [0.1, 0.15) is 61.2 Å². The van der Waals surface area contributed by atoms with Crippen molar-refractivity contribution in [1.29, 1.82) is 5.26 Å². The molecule has 1 saturated heterocycles. The summed E-state index contributed by atoms with van der Waals surface area (Å²) in [5.74, 6) is -0.995. The van der Waals surface area contributed by atoms with Gasteiger partial charge in [-0.25, -0.2) is 9.78 Å². The molecule has 10 nitrogen and oxygen atoms in total. The Kier molecular flexibility index (Phi) is 5.85. The van der Waals surface area contributed by atoms with Gasteiger partial charge in [0.25, 0.3) is 11.5 Å². The van der Waals surface area contributed by atoms with Gasteiger partial charge in [0.1, 0.15) is 30.1 Å². The Morgan fingerprint density at radius 1 is 1.15 bits per heavy atom. The maximum absolute atomic E-state index is 13.2. The molecule has 1 spiro atoms. The number of urea groups is 1. The second kappa shape index (κ2) is 8.83. The highest BCUT2D eigenvalue weighted by atomic mass is 32.1. The third-order valence-corrected chi connectivity index (χ3v) is 8.17. The van der Waals surface area contributed by atoms with E-state index in [9.17, 15) is 24.4 Å². The Labute approximate surface area is 199 Å². The van der Waals surface area contributed by atoms with Crippen LogP contribution in [-0.2, 0) is 40.3 Å². The molecule has 0 atom stereocenters.